The largest absolute Gasteiger partial charge is 0.508 e. The van der Waals surface area contributed by atoms with Crippen LogP contribution in [-0.2, 0) is 96.7 Å². The molecule has 0 spiro atoms. The molecule has 2 amide bonds. The zero-order valence-electron chi connectivity index (χ0n) is 81.0. The van der Waals surface area contributed by atoms with Gasteiger partial charge in [-0.1, -0.05) is 226 Å². The molecule has 2 unspecified atom stereocenters. The molecule has 0 aromatic heterocycles. The van der Waals surface area contributed by atoms with E-state index >= 15 is 14.4 Å². The van der Waals surface area contributed by atoms with E-state index in [0.29, 0.717) is 33.4 Å². The van der Waals surface area contributed by atoms with Crippen LogP contribution in [0.15, 0.2) is 235 Å². The van der Waals surface area contributed by atoms with Crippen LogP contribution in [0, 0.1) is 45.3 Å². The number of rotatable bonds is 24. The molecule has 15 rings (SSSR count). The van der Waals surface area contributed by atoms with E-state index < -0.39 is 232 Å². The lowest BCUT2D eigenvalue weighted by molar-refractivity contribution is -0.346. The molecule has 30 heteroatoms. The first-order valence-corrected chi connectivity index (χ1v) is 49.7. The molecule has 2 aliphatic heterocycles. The van der Waals surface area contributed by atoms with E-state index in [1.54, 1.807) is 250 Å². The van der Waals surface area contributed by atoms with Crippen molar-refractivity contribution in [3.63, 3.8) is 0 Å². The summed E-state index contributed by atoms with van der Waals surface area (Å²) in [4.78, 5) is 173. The highest BCUT2D eigenvalue weighted by molar-refractivity contribution is 6.74. The van der Waals surface area contributed by atoms with Crippen molar-refractivity contribution in [1.82, 2.24) is 10.6 Å². The van der Waals surface area contributed by atoms with E-state index in [4.69, 9.17) is 56.5 Å². The number of ether oxygens (including phenoxy) is 11. The van der Waals surface area contributed by atoms with Gasteiger partial charge in [0.25, 0.3) is 11.8 Å². The Hall–Kier alpha value is -12.2. The van der Waals surface area contributed by atoms with Crippen LogP contribution in [0.5, 0.6) is 0 Å². The highest BCUT2D eigenvalue weighted by Crippen LogP contribution is 2.68. The second-order valence-corrected chi connectivity index (χ2v) is 45.6. The molecule has 138 heavy (non-hydrogen) atoms. The molecule has 6 fully saturated rings. The molecule has 8 aliphatic rings. The van der Waals surface area contributed by atoms with E-state index in [-0.39, 0.29) is 66.9 Å². The molecule has 2 saturated heterocycles. The van der Waals surface area contributed by atoms with Crippen molar-refractivity contribution in [1.29, 1.82) is 0 Å². The third-order valence-corrected chi connectivity index (χ3v) is 35.5. The van der Waals surface area contributed by atoms with Gasteiger partial charge in [-0.2, -0.15) is 0 Å². The van der Waals surface area contributed by atoms with E-state index in [9.17, 15) is 58.5 Å². The van der Waals surface area contributed by atoms with Gasteiger partial charge in [0.05, 0.1) is 59.8 Å². The monoisotopic (exact) mass is 1910 g/mol. The molecule has 7 aromatic rings. The number of fused-ring (bicyclic) bond motifs is 10. The molecule has 7 aromatic carbocycles. The predicted molar refractivity (Wildman–Crippen MR) is 504 cm³/mol. The first-order valence-electron chi connectivity index (χ1n) is 46.8. The number of amides is 2. The molecule has 5 N–H and O–H groups in total. The number of Topliss-reactive ketones (excluding diaryl/α,β-unsaturated/α-hetero) is 2. The fraction of sp³-hybridized carbons (Fsp3) is 0.463. The van der Waals surface area contributed by atoms with Gasteiger partial charge in [0, 0.05) is 73.3 Å². The Morgan fingerprint density at radius 1 is 0.478 bits per heavy atom. The quantitative estimate of drug-likeness (QED) is 0.0162. The molecule has 732 valence electrons. The zero-order chi connectivity index (χ0) is 100. The minimum Gasteiger partial charge on any atom is -0.457 e. The van der Waals surface area contributed by atoms with Crippen LogP contribution in [0.1, 0.15) is 207 Å². The standard InChI is InChI=1S/C61H71NO16Si.C47H53NO11/c1-36-43(74-55(68)49(78-79(10,11)57(4,5)6)47(40-26-18-13-19-27-40)62-53(66)41-28-20-14-21-29-41)33-61(70)52(76-54(67)42-30-22-15-23-31-42)50-59(9,51(65)48(73-37(2)63)46(36)58(61,7)8)44(32-45-60(50,35-72-45)77-38(3)64)75-56(69)71-34-39-24-16-12-17-25-39;1-26-23-34-46(54,25-56-34)38-40(59-43(53)32-21-15-10-16-22-32)47(55)24-33(27(2)35(44(47,5)6)37(57-29(4)49)39(50)45(26,38)7)58-42(52)28(3)36(30-17-11-8-12-18-30)48-41(51)31-19-13-9-14-20-31/h12-31,43-45,47-50,52,70H,32-35H2,1-11H3,(H,62,66);8-22,26,28,33-34,36-38,40,54-55H,23-25H2,1-7H3,(H,48,51)/t43-,44-,45?,47-,48+,49+,50-,52-,59+,60-,61+;26-,28+,33-,34?,36+,37+,38-,40-,45+,46-,47+/m00/s1. The highest BCUT2D eigenvalue weighted by atomic mass is 28.4. The summed E-state index contributed by atoms with van der Waals surface area (Å²) in [6, 6.07) is 57.8. The van der Waals surface area contributed by atoms with Gasteiger partial charge in [-0.25, -0.2) is 19.2 Å². The third kappa shape index (κ3) is 18.7. The first kappa shape index (κ1) is 102. The summed E-state index contributed by atoms with van der Waals surface area (Å²) < 4.78 is 75.4. The molecule has 0 radical (unpaired) electrons. The summed E-state index contributed by atoms with van der Waals surface area (Å²) in [7, 11) is -2.99. The Labute approximate surface area is 804 Å². The molecule has 2 heterocycles. The third-order valence-electron chi connectivity index (χ3n) is 31.0. The number of benzene rings is 7. The lowest BCUT2D eigenvalue weighted by atomic mass is 9.43. The second kappa shape index (κ2) is 39.3. The van der Waals surface area contributed by atoms with Crippen LogP contribution in [0.3, 0.4) is 0 Å². The summed E-state index contributed by atoms with van der Waals surface area (Å²) in [6.45, 7) is 29.0. The van der Waals surface area contributed by atoms with Gasteiger partial charge in [-0.05, 0) is 146 Å². The van der Waals surface area contributed by atoms with Crippen molar-refractivity contribution < 1.29 is 129 Å². The lowest BCUT2D eigenvalue weighted by Gasteiger charge is -2.67. The molecule has 29 nitrogen and oxygen atoms in total. The Kier molecular flexibility index (Phi) is 28.9. The minimum absolute atomic E-state index is 0.00235. The summed E-state index contributed by atoms with van der Waals surface area (Å²) in [6.07, 6.45) is -16.7. The second-order valence-electron chi connectivity index (χ2n) is 40.8. The Balaban J connectivity index is 0.000000230. The summed E-state index contributed by atoms with van der Waals surface area (Å²) in [5, 5.41) is 46.1. The minimum atomic E-state index is -2.99. The van der Waals surface area contributed by atoms with Crippen LogP contribution >= 0.6 is 0 Å². The number of ketones is 2. The number of esters is 7. The van der Waals surface area contributed by atoms with Gasteiger partial charge >= 0.3 is 47.9 Å². The predicted octanol–water partition coefficient (Wildman–Crippen LogP) is 14.8. The highest BCUT2D eigenvalue weighted by Gasteiger charge is 2.81. The molecular formula is C108H124N2O27Si. The molecule has 6 aliphatic carbocycles. The average Bonchev–Trinajstić information content (AvgIpc) is 0.660. The van der Waals surface area contributed by atoms with Crippen molar-refractivity contribution in [2.45, 2.75) is 257 Å². The average molecular weight is 1910 g/mol. The molecule has 22 atom stereocenters. The first-order chi connectivity index (χ1) is 65.0. The van der Waals surface area contributed by atoms with Crippen LogP contribution in [-0.4, -0.2) is 192 Å². The maximum atomic E-state index is 16.4. The Bertz CT molecular complexity index is 5840. The van der Waals surface area contributed by atoms with Crippen molar-refractivity contribution in [2.24, 2.45) is 45.3 Å². The van der Waals surface area contributed by atoms with Crippen molar-refractivity contribution >= 4 is 79.6 Å². The molecule has 4 bridgehead atoms. The SMILES string of the molecule is CC(=O)O[C@H]1C(=O)[C@]2(C)[C@@H](C)CC3OC[C@@]3(O)[C@H]2[C@H](OC(=O)c2ccccc2)[C@]2(O)C[C@H](OC(=O)[C@H](C)[C@@H](NC(=O)c3ccccc3)c3ccccc3)C(C)=C1C2(C)C.CC(=O)O[C@H]1C(=O)[C@]2(C)[C@@H](OC(=O)OCc3ccccc3)CC3OC[C@@]3(OC(C)=O)[C@H]2[C@H](OC(=O)c2ccccc2)[C@]2(O)C[C@H](OC(=O)[C@H](O[Si](C)(C)C(C)(C)C)[C@@H](NC(=O)c3ccccc3)c3ccccc3)C(C)=C1C2(C)C. The smallest absolute Gasteiger partial charge is 0.457 e. The number of hydrogen-bond acceptors (Lipinski definition) is 27. The van der Waals surface area contributed by atoms with Crippen molar-refractivity contribution in [2.75, 3.05) is 13.2 Å². The van der Waals surface area contributed by atoms with E-state index in [1.165, 1.54) is 26.0 Å². The van der Waals surface area contributed by atoms with Crippen LogP contribution < -0.4 is 10.6 Å². The number of carbonyl (C=O) groups excluding carboxylic acids is 12. The maximum absolute atomic E-state index is 16.4. The zero-order valence-corrected chi connectivity index (χ0v) is 82.0. The fourth-order valence-corrected chi connectivity index (χ4v) is 23.3. The van der Waals surface area contributed by atoms with E-state index in [1.807, 2.05) is 46.9 Å². The summed E-state index contributed by atoms with van der Waals surface area (Å²) in [5.41, 5.74) is -11.6. The number of aliphatic hydroxyl groups is 3. The normalized spacial score (nSPS) is 30.0. The summed E-state index contributed by atoms with van der Waals surface area (Å²) >= 11 is 0. The van der Waals surface area contributed by atoms with Gasteiger partial charge in [0.15, 0.2) is 43.8 Å². The van der Waals surface area contributed by atoms with E-state index in [0.717, 1.165) is 13.8 Å². The Morgan fingerprint density at radius 2 is 0.877 bits per heavy atom. The number of hydrogen-bond donors (Lipinski definition) is 5. The maximum Gasteiger partial charge on any atom is 0.508 e. The van der Waals surface area contributed by atoms with E-state index in [2.05, 4.69) is 10.6 Å². The summed E-state index contributed by atoms with van der Waals surface area (Å²) in [5.74, 6) is -12.6. The van der Waals surface area contributed by atoms with Gasteiger partial charge in [0.1, 0.15) is 60.0 Å². The van der Waals surface area contributed by atoms with Crippen LogP contribution in [0.25, 0.3) is 0 Å². The van der Waals surface area contributed by atoms with Crippen LogP contribution in [0.4, 0.5) is 4.79 Å². The van der Waals surface area contributed by atoms with Crippen molar-refractivity contribution in [3.8, 4) is 0 Å². The topological polar surface area (TPSA) is 400 Å². The van der Waals surface area contributed by atoms with Gasteiger partial charge in [-0.3, -0.25) is 38.4 Å². The van der Waals surface area contributed by atoms with Gasteiger partial charge in [-0.15, -0.1) is 0 Å². The number of nitrogens with one attached hydrogen (secondary N) is 2. The Morgan fingerprint density at radius 3 is 1.29 bits per heavy atom. The lowest BCUT2D eigenvalue weighted by Crippen LogP contribution is -2.82. The van der Waals surface area contributed by atoms with Gasteiger partial charge in [0.2, 0.25) is 0 Å². The molecule has 4 saturated carbocycles. The van der Waals surface area contributed by atoms with Crippen LogP contribution in [0.2, 0.25) is 18.1 Å². The van der Waals surface area contributed by atoms with Crippen molar-refractivity contribution in [3.05, 3.63) is 274 Å². The molecular weight excluding hydrogens is 1790 g/mol. The number of carbonyl (C=O) groups is 12. The fourth-order valence-electron chi connectivity index (χ4n) is 22.1. The van der Waals surface area contributed by atoms with Gasteiger partial charge < -0.3 is 82.5 Å².